The summed E-state index contributed by atoms with van der Waals surface area (Å²) < 4.78 is 31.4. The van der Waals surface area contributed by atoms with Crippen LogP contribution in [0.25, 0.3) is 0 Å². The summed E-state index contributed by atoms with van der Waals surface area (Å²) in [6, 6.07) is 11.1. The Kier molecular flexibility index (Phi) is 5.26. The average molecular weight is 317 g/mol. The Hall–Kier alpha value is -2.94. The molecule has 0 aliphatic carbocycles. The molecule has 0 aliphatic rings. The maximum absolute atomic E-state index is 13.4. The molecule has 0 saturated heterocycles. The first-order chi connectivity index (χ1) is 11.0. The highest BCUT2D eigenvalue weighted by Crippen LogP contribution is 2.22. The zero-order valence-corrected chi connectivity index (χ0v) is 12.0. The Morgan fingerprint density at radius 1 is 1.22 bits per heavy atom. The van der Waals surface area contributed by atoms with Crippen molar-refractivity contribution in [2.75, 3.05) is 6.61 Å². The number of carbonyl (C=O) groups is 1. The van der Waals surface area contributed by atoms with Crippen LogP contribution in [0.2, 0.25) is 0 Å². The second kappa shape index (κ2) is 7.36. The molecule has 0 aromatic heterocycles. The number of rotatable bonds is 6. The third kappa shape index (κ3) is 4.27. The molecule has 0 radical (unpaired) electrons. The van der Waals surface area contributed by atoms with Crippen molar-refractivity contribution in [3.63, 3.8) is 0 Å². The van der Waals surface area contributed by atoms with Crippen LogP contribution in [-0.4, -0.2) is 17.7 Å². The van der Waals surface area contributed by atoms with Gasteiger partial charge in [-0.1, -0.05) is 12.1 Å². The summed E-state index contributed by atoms with van der Waals surface area (Å²) in [6.07, 6.45) is 0.291. The van der Waals surface area contributed by atoms with Crippen molar-refractivity contribution in [1.29, 1.82) is 5.26 Å². The lowest BCUT2D eigenvalue weighted by Crippen LogP contribution is -2.06. The third-order valence-electron chi connectivity index (χ3n) is 3.27. The standard InChI is InChI=1S/C17H13F2NO3/c18-14-5-6-16(15(19)9-14)23-8-7-13(10-20)11-1-3-12(4-2-11)17(21)22/h1-6,9,13H,7-8H2,(H,21,22). The van der Waals surface area contributed by atoms with E-state index in [4.69, 9.17) is 9.84 Å². The first kappa shape index (κ1) is 16.4. The van der Waals surface area contributed by atoms with Gasteiger partial charge < -0.3 is 9.84 Å². The lowest BCUT2D eigenvalue weighted by atomic mass is 9.96. The minimum absolute atomic E-state index is 0.0709. The number of hydrogen-bond acceptors (Lipinski definition) is 3. The van der Waals surface area contributed by atoms with Crippen molar-refractivity contribution < 1.29 is 23.4 Å². The Morgan fingerprint density at radius 2 is 1.91 bits per heavy atom. The molecule has 0 fully saturated rings. The quantitative estimate of drug-likeness (QED) is 0.881. The van der Waals surface area contributed by atoms with Crippen molar-refractivity contribution in [2.45, 2.75) is 12.3 Å². The predicted octanol–water partition coefficient (Wildman–Crippen LogP) is 3.74. The Bertz CT molecular complexity index is 738. The zero-order valence-electron chi connectivity index (χ0n) is 12.0. The Morgan fingerprint density at radius 3 is 2.48 bits per heavy atom. The maximum Gasteiger partial charge on any atom is 0.335 e. The van der Waals surface area contributed by atoms with Gasteiger partial charge in [-0.3, -0.25) is 0 Å². The number of ether oxygens (including phenoxy) is 1. The van der Waals surface area contributed by atoms with Crippen LogP contribution in [0.1, 0.15) is 28.3 Å². The lowest BCUT2D eigenvalue weighted by Gasteiger charge is -2.11. The lowest BCUT2D eigenvalue weighted by molar-refractivity contribution is 0.0697. The summed E-state index contributed by atoms with van der Waals surface area (Å²) in [7, 11) is 0. The SMILES string of the molecule is N#CC(CCOc1ccc(F)cc1F)c1ccc(C(=O)O)cc1. The van der Waals surface area contributed by atoms with E-state index >= 15 is 0 Å². The summed E-state index contributed by atoms with van der Waals surface area (Å²) in [6.45, 7) is 0.0709. The summed E-state index contributed by atoms with van der Waals surface area (Å²) in [5.41, 5.74) is 0.788. The number of benzene rings is 2. The van der Waals surface area contributed by atoms with Crippen molar-refractivity contribution in [2.24, 2.45) is 0 Å². The summed E-state index contributed by atoms with van der Waals surface area (Å²) in [4.78, 5) is 10.8. The normalized spacial score (nSPS) is 11.5. The van der Waals surface area contributed by atoms with Gasteiger partial charge in [-0.2, -0.15) is 5.26 Å². The van der Waals surface area contributed by atoms with E-state index in [-0.39, 0.29) is 17.9 Å². The van der Waals surface area contributed by atoms with Crippen LogP contribution in [0.5, 0.6) is 5.75 Å². The van der Waals surface area contributed by atoms with Crippen LogP contribution >= 0.6 is 0 Å². The van der Waals surface area contributed by atoms with Gasteiger partial charge in [0.2, 0.25) is 0 Å². The zero-order chi connectivity index (χ0) is 16.8. The van der Waals surface area contributed by atoms with Crippen molar-refractivity contribution in [1.82, 2.24) is 0 Å². The van der Waals surface area contributed by atoms with Gasteiger partial charge in [0.1, 0.15) is 5.82 Å². The molecule has 0 bridgehead atoms. The van der Waals surface area contributed by atoms with Gasteiger partial charge in [0.25, 0.3) is 0 Å². The number of aromatic carboxylic acids is 1. The van der Waals surface area contributed by atoms with Crippen molar-refractivity contribution in [3.05, 3.63) is 65.2 Å². The van der Waals surface area contributed by atoms with Gasteiger partial charge in [-0.15, -0.1) is 0 Å². The molecule has 2 aromatic carbocycles. The Balaban J connectivity index is 1.97. The van der Waals surface area contributed by atoms with Crippen LogP contribution in [0, 0.1) is 23.0 Å². The van der Waals surface area contributed by atoms with E-state index < -0.39 is 23.5 Å². The molecular formula is C17H13F2NO3. The Labute approximate surface area is 131 Å². The molecule has 23 heavy (non-hydrogen) atoms. The largest absolute Gasteiger partial charge is 0.490 e. The number of hydrogen-bond donors (Lipinski definition) is 1. The van der Waals surface area contributed by atoms with Crippen molar-refractivity contribution in [3.8, 4) is 11.8 Å². The second-order valence-corrected chi connectivity index (χ2v) is 4.82. The summed E-state index contributed by atoms with van der Waals surface area (Å²) in [5, 5.41) is 18.0. The first-order valence-electron chi connectivity index (χ1n) is 6.82. The van der Waals surface area contributed by atoms with E-state index in [9.17, 15) is 18.8 Å². The number of halogens is 2. The van der Waals surface area contributed by atoms with Gasteiger partial charge in [0.15, 0.2) is 11.6 Å². The number of nitriles is 1. The number of carboxylic acid groups (broad SMARTS) is 1. The van der Waals surface area contributed by atoms with Crippen LogP contribution in [0.3, 0.4) is 0 Å². The molecule has 0 amide bonds. The molecule has 0 saturated carbocycles. The number of carboxylic acids is 1. The molecule has 118 valence electrons. The highest BCUT2D eigenvalue weighted by atomic mass is 19.1. The highest BCUT2D eigenvalue weighted by Gasteiger charge is 2.13. The van der Waals surface area contributed by atoms with E-state index in [0.717, 1.165) is 12.1 Å². The van der Waals surface area contributed by atoms with Crippen molar-refractivity contribution >= 4 is 5.97 Å². The molecule has 2 aromatic rings. The smallest absolute Gasteiger partial charge is 0.335 e. The van der Waals surface area contributed by atoms with Gasteiger partial charge in [-0.05, 0) is 29.8 Å². The molecule has 1 unspecified atom stereocenters. The molecule has 2 rings (SSSR count). The van der Waals surface area contributed by atoms with E-state index in [1.54, 1.807) is 12.1 Å². The molecule has 1 N–H and O–H groups in total. The summed E-state index contributed by atoms with van der Waals surface area (Å²) in [5.74, 6) is -3.13. The third-order valence-corrected chi connectivity index (χ3v) is 3.27. The minimum Gasteiger partial charge on any atom is -0.490 e. The predicted molar refractivity (Wildman–Crippen MR) is 78.2 cm³/mol. The molecule has 6 heteroatoms. The van der Waals surface area contributed by atoms with Crippen LogP contribution < -0.4 is 4.74 Å². The second-order valence-electron chi connectivity index (χ2n) is 4.82. The maximum atomic E-state index is 13.4. The van der Waals surface area contributed by atoms with Crippen LogP contribution in [0.4, 0.5) is 8.78 Å². The molecule has 0 aliphatic heterocycles. The molecule has 0 spiro atoms. The fraction of sp³-hybridized carbons (Fsp3) is 0.176. The van der Waals surface area contributed by atoms with Crippen LogP contribution in [-0.2, 0) is 0 Å². The fourth-order valence-corrected chi connectivity index (χ4v) is 2.04. The first-order valence-corrected chi connectivity index (χ1v) is 6.82. The molecule has 1 atom stereocenters. The minimum atomic E-state index is -1.04. The topological polar surface area (TPSA) is 70.3 Å². The highest BCUT2D eigenvalue weighted by molar-refractivity contribution is 5.87. The van der Waals surface area contributed by atoms with E-state index in [1.165, 1.54) is 18.2 Å². The molecule has 4 nitrogen and oxygen atoms in total. The van der Waals surface area contributed by atoms with E-state index in [0.29, 0.717) is 12.0 Å². The molecule has 0 heterocycles. The van der Waals surface area contributed by atoms with Gasteiger partial charge in [0.05, 0.1) is 24.2 Å². The van der Waals surface area contributed by atoms with E-state index in [2.05, 4.69) is 6.07 Å². The fourth-order valence-electron chi connectivity index (χ4n) is 2.04. The van der Waals surface area contributed by atoms with Gasteiger partial charge in [-0.25, -0.2) is 13.6 Å². The number of nitrogens with zero attached hydrogens (tertiary/aromatic N) is 1. The molecular weight excluding hydrogens is 304 g/mol. The van der Waals surface area contributed by atoms with Gasteiger partial charge in [0, 0.05) is 12.5 Å². The summed E-state index contributed by atoms with van der Waals surface area (Å²) >= 11 is 0. The monoisotopic (exact) mass is 317 g/mol. The average Bonchev–Trinajstić information content (AvgIpc) is 2.53. The van der Waals surface area contributed by atoms with Crippen LogP contribution in [0.15, 0.2) is 42.5 Å². The van der Waals surface area contributed by atoms with Gasteiger partial charge >= 0.3 is 5.97 Å². The van der Waals surface area contributed by atoms with E-state index in [1.807, 2.05) is 0 Å².